The summed E-state index contributed by atoms with van der Waals surface area (Å²) >= 11 is 0. The first kappa shape index (κ1) is 10.7. The molecule has 0 saturated carbocycles. The Kier molecular flexibility index (Phi) is 3.80. The molecule has 0 bridgehead atoms. The van der Waals surface area contributed by atoms with E-state index in [9.17, 15) is 4.79 Å². The van der Waals surface area contributed by atoms with Crippen molar-refractivity contribution in [2.45, 2.75) is 18.9 Å². The Morgan fingerprint density at radius 1 is 1.47 bits per heavy atom. The van der Waals surface area contributed by atoms with Crippen molar-refractivity contribution in [3.8, 4) is 0 Å². The fourth-order valence-electron chi connectivity index (χ4n) is 1.99. The zero-order chi connectivity index (χ0) is 10.5. The zero-order valence-electron chi connectivity index (χ0n) is 9.00. The number of carbonyl (C=O) groups excluding carboxylic acids is 1. The predicted octanol–water partition coefficient (Wildman–Crippen LogP) is -0.220. The number of rotatable bonds is 2. The van der Waals surface area contributed by atoms with Crippen molar-refractivity contribution in [2.75, 3.05) is 39.4 Å². The van der Waals surface area contributed by atoms with Crippen LogP contribution in [0.2, 0.25) is 0 Å². The Morgan fingerprint density at radius 2 is 2.27 bits per heavy atom. The third kappa shape index (κ3) is 3.07. The molecule has 2 rings (SSSR count). The molecule has 2 fully saturated rings. The summed E-state index contributed by atoms with van der Waals surface area (Å²) in [6.45, 7) is 4.82. The lowest BCUT2D eigenvalue weighted by Crippen LogP contribution is -2.50. The van der Waals surface area contributed by atoms with Gasteiger partial charge in [-0.25, -0.2) is 4.79 Å². The fourth-order valence-corrected chi connectivity index (χ4v) is 1.99. The smallest absolute Gasteiger partial charge is 0.317 e. The van der Waals surface area contributed by atoms with Crippen molar-refractivity contribution in [1.82, 2.24) is 15.5 Å². The number of carbonyl (C=O) groups is 1. The molecule has 2 amide bonds. The molecule has 1 atom stereocenters. The molecule has 0 aliphatic carbocycles. The summed E-state index contributed by atoms with van der Waals surface area (Å²) in [5.41, 5.74) is 0. The van der Waals surface area contributed by atoms with Crippen molar-refractivity contribution in [3.05, 3.63) is 0 Å². The number of ether oxygens (including phenoxy) is 1. The van der Waals surface area contributed by atoms with Crippen LogP contribution in [-0.2, 0) is 4.74 Å². The van der Waals surface area contributed by atoms with Gasteiger partial charge in [0.25, 0.3) is 0 Å². The van der Waals surface area contributed by atoms with Gasteiger partial charge in [-0.1, -0.05) is 0 Å². The average molecular weight is 213 g/mol. The molecule has 2 aliphatic heterocycles. The van der Waals surface area contributed by atoms with Gasteiger partial charge in [0, 0.05) is 32.2 Å². The van der Waals surface area contributed by atoms with Gasteiger partial charge < -0.3 is 20.3 Å². The van der Waals surface area contributed by atoms with Gasteiger partial charge in [0.1, 0.15) is 0 Å². The van der Waals surface area contributed by atoms with Crippen LogP contribution < -0.4 is 10.6 Å². The van der Waals surface area contributed by atoms with Gasteiger partial charge in [0.2, 0.25) is 0 Å². The van der Waals surface area contributed by atoms with Crippen molar-refractivity contribution >= 4 is 6.03 Å². The number of nitrogens with zero attached hydrogens (tertiary/aromatic N) is 1. The molecule has 5 heteroatoms. The average Bonchev–Trinajstić information content (AvgIpc) is 2.81. The maximum absolute atomic E-state index is 11.6. The van der Waals surface area contributed by atoms with Crippen LogP contribution in [-0.4, -0.2) is 56.4 Å². The van der Waals surface area contributed by atoms with Gasteiger partial charge in [0.15, 0.2) is 0 Å². The second kappa shape index (κ2) is 5.32. The quantitative estimate of drug-likeness (QED) is 0.667. The first-order valence-corrected chi connectivity index (χ1v) is 5.70. The predicted molar refractivity (Wildman–Crippen MR) is 56.8 cm³/mol. The Balaban J connectivity index is 1.65. The Bertz CT molecular complexity index is 211. The number of morpholine rings is 1. The SMILES string of the molecule is O=C(NCC1COCCN1)N1CCCC1. The number of hydrogen-bond donors (Lipinski definition) is 2. The van der Waals surface area contributed by atoms with Crippen LogP contribution in [0.3, 0.4) is 0 Å². The molecule has 0 radical (unpaired) electrons. The lowest BCUT2D eigenvalue weighted by Gasteiger charge is -2.25. The topological polar surface area (TPSA) is 53.6 Å². The molecule has 0 aromatic carbocycles. The second-order valence-electron chi connectivity index (χ2n) is 4.11. The number of hydrogen-bond acceptors (Lipinski definition) is 3. The highest BCUT2D eigenvalue weighted by molar-refractivity contribution is 5.74. The lowest BCUT2D eigenvalue weighted by atomic mass is 10.3. The molecule has 2 aliphatic rings. The van der Waals surface area contributed by atoms with Crippen LogP contribution in [0.25, 0.3) is 0 Å². The summed E-state index contributed by atoms with van der Waals surface area (Å²) in [7, 11) is 0. The van der Waals surface area contributed by atoms with Gasteiger partial charge >= 0.3 is 6.03 Å². The fraction of sp³-hybridized carbons (Fsp3) is 0.900. The van der Waals surface area contributed by atoms with Crippen LogP contribution in [0.5, 0.6) is 0 Å². The van der Waals surface area contributed by atoms with Crippen molar-refractivity contribution in [2.24, 2.45) is 0 Å². The summed E-state index contributed by atoms with van der Waals surface area (Å²) in [5, 5.41) is 6.25. The van der Waals surface area contributed by atoms with E-state index < -0.39 is 0 Å². The van der Waals surface area contributed by atoms with E-state index in [0.717, 1.165) is 39.1 Å². The third-order valence-electron chi connectivity index (χ3n) is 2.89. The molecular weight excluding hydrogens is 194 g/mol. The maximum atomic E-state index is 11.6. The molecule has 0 spiro atoms. The molecule has 2 saturated heterocycles. The van der Waals surface area contributed by atoms with Gasteiger partial charge in [-0.2, -0.15) is 0 Å². The second-order valence-corrected chi connectivity index (χ2v) is 4.11. The summed E-state index contributed by atoms with van der Waals surface area (Å²) in [4.78, 5) is 13.5. The molecule has 1 unspecified atom stereocenters. The van der Waals surface area contributed by atoms with E-state index in [4.69, 9.17) is 4.74 Å². The van der Waals surface area contributed by atoms with Gasteiger partial charge in [0.05, 0.1) is 13.2 Å². The molecule has 15 heavy (non-hydrogen) atoms. The van der Waals surface area contributed by atoms with E-state index in [1.54, 1.807) is 0 Å². The number of amides is 2. The summed E-state index contributed by atoms with van der Waals surface area (Å²) in [5.74, 6) is 0. The molecule has 0 aromatic heterocycles. The van der Waals surface area contributed by atoms with Gasteiger partial charge in [-0.05, 0) is 12.8 Å². The van der Waals surface area contributed by atoms with E-state index >= 15 is 0 Å². The molecule has 0 aromatic rings. The van der Waals surface area contributed by atoms with Crippen LogP contribution >= 0.6 is 0 Å². The van der Waals surface area contributed by atoms with Crippen LogP contribution in [0, 0.1) is 0 Å². The summed E-state index contributed by atoms with van der Waals surface area (Å²) < 4.78 is 5.31. The Hall–Kier alpha value is -0.810. The van der Waals surface area contributed by atoms with Gasteiger partial charge in [-0.15, -0.1) is 0 Å². The van der Waals surface area contributed by atoms with E-state index in [2.05, 4.69) is 10.6 Å². The van der Waals surface area contributed by atoms with Gasteiger partial charge in [-0.3, -0.25) is 0 Å². The van der Waals surface area contributed by atoms with Crippen LogP contribution in [0.15, 0.2) is 0 Å². The molecule has 86 valence electrons. The number of nitrogens with one attached hydrogen (secondary N) is 2. The van der Waals surface area contributed by atoms with Crippen LogP contribution in [0.1, 0.15) is 12.8 Å². The maximum Gasteiger partial charge on any atom is 0.317 e. The van der Waals surface area contributed by atoms with Crippen molar-refractivity contribution < 1.29 is 9.53 Å². The summed E-state index contributed by atoms with van der Waals surface area (Å²) in [6, 6.07) is 0.338. The minimum absolute atomic E-state index is 0.0693. The first-order valence-electron chi connectivity index (χ1n) is 5.70. The first-order chi connectivity index (χ1) is 7.36. The minimum atomic E-state index is 0.0693. The van der Waals surface area contributed by atoms with E-state index in [1.807, 2.05) is 4.90 Å². The highest BCUT2D eigenvalue weighted by Gasteiger charge is 2.19. The zero-order valence-corrected chi connectivity index (χ0v) is 9.00. The Labute approximate surface area is 90.1 Å². The number of likely N-dealkylation sites (tertiary alicyclic amines) is 1. The van der Waals surface area contributed by atoms with E-state index in [0.29, 0.717) is 13.2 Å². The monoisotopic (exact) mass is 213 g/mol. The highest BCUT2D eigenvalue weighted by atomic mass is 16.5. The summed E-state index contributed by atoms with van der Waals surface area (Å²) in [6.07, 6.45) is 2.27. The number of urea groups is 1. The minimum Gasteiger partial charge on any atom is -0.378 e. The lowest BCUT2D eigenvalue weighted by molar-refractivity contribution is 0.0769. The molecular formula is C10H19N3O2. The van der Waals surface area contributed by atoms with Crippen molar-refractivity contribution in [1.29, 1.82) is 0 Å². The molecule has 5 nitrogen and oxygen atoms in total. The van der Waals surface area contributed by atoms with E-state index in [-0.39, 0.29) is 12.1 Å². The normalized spacial score (nSPS) is 26.7. The standard InChI is InChI=1S/C10H19N3O2/c14-10(13-4-1-2-5-13)12-7-9-8-15-6-3-11-9/h9,11H,1-8H2,(H,12,14). The largest absolute Gasteiger partial charge is 0.378 e. The third-order valence-corrected chi connectivity index (χ3v) is 2.89. The van der Waals surface area contributed by atoms with Crippen LogP contribution in [0.4, 0.5) is 4.79 Å². The molecule has 2 N–H and O–H groups in total. The Morgan fingerprint density at radius 3 is 2.93 bits per heavy atom. The highest BCUT2D eigenvalue weighted by Crippen LogP contribution is 2.06. The molecule has 2 heterocycles. The van der Waals surface area contributed by atoms with Crippen molar-refractivity contribution in [3.63, 3.8) is 0 Å². The van der Waals surface area contributed by atoms with E-state index in [1.165, 1.54) is 0 Å².